The van der Waals surface area contributed by atoms with Crippen molar-refractivity contribution < 1.29 is 19.0 Å². The van der Waals surface area contributed by atoms with Crippen LogP contribution in [0.25, 0.3) is 10.1 Å². The number of aliphatic carboxylic acids is 1. The second-order valence-corrected chi connectivity index (χ2v) is 7.21. The first-order valence-corrected chi connectivity index (χ1v) is 8.76. The molecule has 2 aromatic rings. The predicted octanol–water partition coefficient (Wildman–Crippen LogP) is 4.26. The van der Waals surface area contributed by atoms with Crippen molar-refractivity contribution in [2.24, 2.45) is 0 Å². The highest BCUT2D eigenvalue weighted by Crippen LogP contribution is 2.49. The molecule has 0 amide bonds. The summed E-state index contributed by atoms with van der Waals surface area (Å²) < 4.78 is 21.1. The molecule has 126 valence electrons. The number of fused-ring (bicyclic) bond motifs is 3. The fourth-order valence-corrected chi connectivity index (χ4v) is 5.14. The van der Waals surface area contributed by atoms with E-state index >= 15 is 0 Å². The zero-order valence-corrected chi connectivity index (χ0v) is 14.4. The van der Waals surface area contributed by atoms with Crippen molar-refractivity contribution in [1.29, 1.82) is 5.26 Å². The number of hydrogen-bond acceptors (Lipinski definition) is 4. The quantitative estimate of drug-likeness (QED) is 0.897. The number of benzene rings is 1. The minimum atomic E-state index is -0.919. The van der Waals surface area contributed by atoms with Crippen LogP contribution < -0.4 is 0 Å². The van der Waals surface area contributed by atoms with Gasteiger partial charge in [0.2, 0.25) is 0 Å². The third-order valence-corrected chi connectivity index (χ3v) is 6.10. The molecule has 3 rings (SSSR count). The van der Waals surface area contributed by atoms with Crippen LogP contribution in [0.4, 0.5) is 4.39 Å². The van der Waals surface area contributed by atoms with Gasteiger partial charge in [0.05, 0.1) is 18.6 Å². The van der Waals surface area contributed by atoms with Gasteiger partial charge in [0.1, 0.15) is 17.5 Å². The molecule has 1 aromatic carbocycles. The van der Waals surface area contributed by atoms with E-state index in [1.165, 1.54) is 17.4 Å². The van der Waals surface area contributed by atoms with Gasteiger partial charge >= 0.3 is 5.97 Å². The van der Waals surface area contributed by atoms with Crippen LogP contribution in [0.3, 0.4) is 0 Å². The van der Waals surface area contributed by atoms with Crippen LogP contribution >= 0.6 is 11.3 Å². The van der Waals surface area contributed by atoms with Gasteiger partial charge in [0.25, 0.3) is 0 Å². The molecule has 1 aliphatic heterocycles. The lowest BCUT2D eigenvalue weighted by Gasteiger charge is -2.36. The fourth-order valence-electron chi connectivity index (χ4n) is 3.64. The largest absolute Gasteiger partial charge is 0.481 e. The number of nitriles is 1. The van der Waals surface area contributed by atoms with E-state index < -0.39 is 17.4 Å². The maximum Gasteiger partial charge on any atom is 0.306 e. The van der Waals surface area contributed by atoms with Crippen LogP contribution in [0.2, 0.25) is 0 Å². The summed E-state index contributed by atoms with van der Waals surface area (Å²) in [6, 6.07) is 3.35. The summed E-state index contributed by atoms with van der Waals surface area (Å²) in [6.07, 6.45) is 1.81. The summed E-state index contributed by atoms with van der Waals surface area (Å²) >= 11 is 1.45. The first-order chi connectivity index (χ1) is 11.4. The average Bonchev–Trinajstić information content (AvgIpc) is 2.89. The fraction of sp³-hybridized carbons (Fsp3) is 0.444. The third-order valence-electron chi connectivity index (χ3n) is 4.54. The third kappa shape index (κ3) is 2.48. The number of thiophene rings is 1. The highest BCUT2D eigenvalue weighted by atomic mass is 32.1. The van der Waals surface area contributed by atoms with Crippen LogP contribution in [0.5, 0.6) is 0 Å². The van der Waals surface area contributed by atoms with E-state index in [9.17, 15) is 19.6 Å². The molecule has 0 fully saturated rings. The highest BCUT2D eigenvalue weighted by molar-refractivity contribution is 7.19. The molecule has 0 aliphatic carbocycles. The van der Waals surface area contributed by atoms with Gasteiger partial charge in [-0.05, 0) is 37.0 Å². The van der Waals surface area contributed by atoms with E-state index in [0.717, 1.165) is 27.1 Å². The molecule has 0 radical (unpaired) electrons. The van der Waals surface area contributed by atoms with Gasteiger partial charge in [-0.1, -0.05) is 13.3 Å². The van der Waals surface area contributed by atoms with E-state index in [0.29, 0.717) is 24.8 Å². The molecule has 6 heteroatoms. The Balaban J connectivity index is 2.34. The van der Waals surface area contributed by atoms with Gasteiger partial charge in [0.15, 0.2) is 0 Å². The first-order valence-electron chi connectivity index (χ1n) is 7.94. The molecule has 2 heterocycles. The monoisotopic (exact) mass is 347 g/mol. The summed E-state index contributed by atoms with van der Waals surface area (Å²) in [7, 11) is 0. The van der Waals surface area contributed by atoms with Crippen LogP contribution in [-0.2, 0) is 21.6 Å². The van der Waals surface area contributed by atoms with E-state index in [4.69, 9.17) is 4.74 Å². The van der Waals surface area contributed by atoms with Gasteiger partial charge in [-0.15, -0.1) is 11.3 Å². The number of ether oxygens (including phenoxy) is 1. The van der Waals surface area contributed by atoms with E-state index in [-0.39, 0.29) is 12.0 Å². The van der Waals surface area contributed by atoms with Crippen molar-refractivity contribution in [3.05, 3.63) is 33.5 Å². The zero-order valence-electron chi connectivity index (χ0n) is 13.6. The van der Waals surface area contributed by atoms with Crippen molar-refractivity contribution in [3.8, 4) is 6.07 Å². The summed E-state index contributed by atoms with van der Waals surface area (Å²) in [6.45, 7) is 4.18. The second kappa shape index (κ2) is 6.15. The molecular formula is C18H18FNO3S. The Hall–Kier alpha value is -1.97. The summed E-state index contributed by atoms with van der Waals surface area (Å²) in [5, 5.41) is 19.4. The molecule has 1 aromatic heterocycles. The standard InChI is InChI=1S/C18H18FNO3S/c1-3-5-18(8-14(21)22)17-11(4-6-23-18)15-12(9-20)13(19)7-10(2)16(15)24-17/h7H,3-6,8H2,1-2H3,(H,21,22)/t18-/m1/s1. The van der Waals surface area contributed by atoms with Crippen molar-refractivity contribution >= 4 is 27.4 Å². The number of nitrogens with zero attached hydrogens (tertiary/aromatic N) is 1. The van der Waals surface area contributed by atoms with Gasteiger partial charge in [-0.2, -0.15) is 5.26 Å². The van der Waals surface area contributed by atoms with Crippen molar-refractivity contribution in [1.82, 2.24) is 0 Å². The molecule has 0 spiro atoms. The summed E-state index contributed by atoms with van der Waals surface area (Å²) in [5.41, 5.74) is 0.820. The number of rotatable bonds is 4. The Morgan fingerprint density at radius 1 is 1.58 bits per heavy atom. The van der Waals surface area contributed by atoms with Gasteiger partial charge < -0.3 is 9.84 Å². The highest BCUT2D eigenvalue weighted by Gasteiger charge is 2.42. The maximum atomic E-state index is 14.2. The SMILES string of the molecule is CCC[C@]1(CC(=O)O)OCCc2c1sc1c(C)cc(F)c(C#N)c21. The Morgan fingerprint density at radius 2 is 2.33 bits per heavy atom. The molecule has 1 atom stereocenters. The summed E-state index contributed by atoms with van der Waals surface area (Å²) in [5.74, 6) is -1.44. The Morgan fingerprint density at radius 3 is 2.96 bits per heavy atom. The van der Waals surface area contributed by atoms with E-state index in [2.05, 4.69) is 0 Å². The maximum absolute atomic E-state index is 14.2. The molecule has 1 N–H and O–H groups in total. The molecule has 0 bridgehead atoms. The van der Waals surface area contributed by atoms with Gasteiger partial charge in [0, 0.05) is 15.0 Å². The van der Waals surface area contributed by atoms with Crippen LogP contribution in [0, 0.1) is 24.1 Å². The number of carbonyl (C=O) groups is 1. The van der Waals surface area contributed by atoms with Crippen molar-refractivity contribution in [2.75, 3.05) is 6.61 Å². The van der Waals surface area contributed by atoms with E-state index in [1.54, 1.807) is 0 Å². The Kier molecular flexibility index (Phi) is 4.33. The number of carboxylic acid groups (broad SMARTS) is 1. The van der Waals surface area contributed by atoms with Gasteiger partial charge in [-0.3, -0.25) is 4.79 Å². The molecule has 0 saturated carbocycles. The van der Waals surface area contributed by atoms with Crippen LogP contribution in [-0.4, -0.2) is 17.7 Å². The lowest BCUT2D eigenvalue weighted by atomic mass is 9.85. The van der Waals surface area contributed by atoms with Crippen molar-refractivity contribution in [3.63, 3.8) is 0 Å². The molecule has 1 aliphatic rings. The predicted molar refractivity (Wildman–Crippen MR) is 89.7 cm³/mol. The van der Waals surface area contributed by atoms with E-state index in [1.807, 2.05) is 19.9 Å². The van der Waals surface area contributed by atoms with Gasteiger partial charge in [-0.25, -0.2) is 4.39 Å². The molecule has 0 saturated heterocycles. The van der Waals surface area contributed by atoms with Crippen molar-refractivity contribution in [2.45, 2.75) is 45.1 Å². The smallest absolute Gasteiger partial charge is 0.306 e. The zero-order chi connectivity index (χ0) is 17.5. The minimum Gasteiger partial charge on any atom is -0.481 e. The number of carboxylic acids is 1. The number of aryl methyl sites for hydroxylation is 1. The lowest BCUT2D eigenvalue weighted by Crippen LogP contribution is -2.36. The first kappa shape index (κ1) is 16.9. The molecule has 4 nitrogen and oxygen atoms in total. The molecule has 0 unspecified atom stereocenters. The minimum absolute atomic E-state index is 0.0516. The number of hydrogen-bond donors (Lipinski definition) is 1. The number of halogens is 1. The molecular weight excluding hydrogens is 329 g/mol. The normalized spacial score (nSPS) is 19.9. The Bertz CT molecular complexity index is 867. The Labute approximate surface area is 143 Å². The second-order valence-electron chi connectivity index (χ2n) is 6.19. The summed E-state index contributed by atoms with van der Waals surface area (Å²) in [4.78, 5) is 12.3. The topological polar surface area (TPSA) is 70.3 Å². The van der Waals surface area contributed by atoms with Crippen LogP contribution in [0.1, 0.15) is 47.8 Å². The van der Waals surface area contributed by atoms with Crippen LogP contribution in [0.15, 0.2) is 6.07 Å². The molecule has 24 heavy (non-hydrogen) atoms. The average molecular weight is 347 g/mol. The lowest BCUT2D eigenvalue weighted by molar-refractivity contribution is -0.148.